The Morgan fingerprint density at radius 2 is 1.97 bits per heavy atom. The Balaban J connectivity index is 1.77. The zero-order chi connectivity index (χ0) is 20.8. The first-order valence-corrected chi connectivity index (χ1v) is 8.90. The second-order valence-electron chi connectivity index (χ2n) is 6.36. The first kappa shape index (κ1) is 20.4. The normalized spacial score (nSPS) is 11.9. The summed E-state index contributed by atoms with van der Waals surface area (Å²) >= 11 is 0. The number of benzene rings is 2. The molecule has 0 saturated heterocycles. The molecule has 0 unspecified atom stereocenters. The molecule has 0 radical (unpaired) electrons. The van der Waals surface area contributed by atoms with E-state index >= 15 is 0 Å². The van der Waals surface area contributed by atoms with E-state index in [0.29, 0.717) is 11.3 Å². The number of aliphatic hydroxyl groups excluding tert-OH is 1. The average Bonchev–Trinajstić information content (AvgIpc) is 2.71. The highest BCUT2D eigenvalue weighted by Gasteiger charge is 2.14. The Kier molecular flexibility index (Phi) is 6.48. The molecule has 0 fully saturated rings. The summed E-state index contributed by atoms with van der Waals surface area (Å²) in [6.45, 7) is -0.218. The van der Waals surface area contributed by atoms with E-state index < -0.39 is 12.0 Å². The molecular weight excluding hydrogens is 378 g/mol. The van der Waals surface area contributed by atoms with E-state index in [-0.39, 0.29) is 47.7 Å². The molecule has 2 aromatic carbocycles. The van der Waals surface area contributed by atoms with Gasteiger partial charge in [-0.05, 0) is 0 Å². The number of nitrogens with one attached hydrogen (secondary N) is 1. The second kappa shape index (κ2) is 9.22. The van der Waals surface area contributed by atoms with Crippen LogP contribution in [0.2, 0.25) is 0 Å². The molecule has 1 amide bonds. The van der Waals surface area contributed by atoms with Crippen molar-refractivity contribution in [2.75, 3.05) is 26.9 Å². The monoisotopic (exact) mass is 399 g/mol. The molecule has 29 heavy (non-hydrogen) atoms. The third-order valence-electron chi connectivity index (χ3n) is 4.11. The minimum absolute atomic E-state index is 0.0221. The molecule has 8 nitrogen and oxygen atoms in total. The van der Waals surface area contributed by atoms with Crippen molar-refractivity contribution in [1.29, 1.82) is 0 Å². The van der Waals surface area contributed by atoms with Crippen LogP contribution in [0.25, 0.3) is 22.3 Å². The summed E-state index contributed by atoms with van der Waals surface area (Å²) < 4.78 is 15.9. The number of carbonyl (C=O) groups excluding carboxylic acids is 1. The van der Waals surface area contributed by atoms with Gasteiger partial charge in [-0.2, -0.15) is 0 Å². The van der Waals surface area contributed by atoms with E-state index in [2.05, 4.69) is 5.32 Å². The van der Waals surface area contributed by atoms with Gasteiger partial charge in [0.05, 0.1) is 12.7 Å². The first-order valence-electron chi connectivity index (χ1n) is 8.90. The van der Waals surface area contributed by atoms with Crippen LogP contribution in [-0.4, -0.2) is 49.1 Å². The van der Waals surface area contributed by atoms with Gasteiger partial charge in [-0.25, -0.2) is 0 Å². The summed E-state index contributed by atoms with van der Waals surface area (Å²) in [6.07, 6.45) is -0.820. The van der Waals surface area contributed by atoms with Crippen molar-refractivity contribution in [2.45, 2.75) is 6.10 Å². The molecule has 8 heteroatoms. The lowest BCUT2D eigenvalue weighted by Crippen LogP contribution is -2.36. The number of carbonyl (C=O) groups is 1. The van der Waals surface area contributed by atoms with Crippen LogP contribution >= 0.6 is 0 Å². The minimum atomic E-state index is -0.820. The van der Waals surface area contributed by atoms with Gasteiger partial charge in [0, 0.05) is 37.4 Å². The Morgan fingerprint density at radius 3 is 2.69 bits per heavy atom. The van der Waals surface area contributed by atoms with Crippen molar-refractivity contribution < 1.29 is 28.9 Å². The molecule has 0 aliphatic carbocycles. The molecule has 1 heterocycles. The van der Waals surface area contributed by atoms with E-state index in [4.69, 9.17) is 13.9 Å². The van der Waals surface area contributed by atoms with Crippen LogP contribution in [0, 0.1) is 0 Å². The lowest BCUT2D eigenvalue weighted by molar-refractivity contribution is -0.123. The molecule has 3 aromatic rings. The number of phenolic OH excluding ortho intramolecular Hbond substituents is 1. The molecule has 3 rings (SSSR count). The van der Waals surface area contributed by atoms with Gasteiger partial charge in [-0.15, -0.1) is 0 Å². The summed E-state index contributed by atoms with van der Waals surface area (Å²) in [5.74, 6) is -0.249. The third-order valence-corrected chi connectivity index (χ3v) is 4.11. The number of aliphatic hydroxyl groups is 1. The number of ether oxygens (including phenoxy) is 2. The fourth-order valence-electron chi connectivity index (χ4n) is 2.75. The van der Waals surface area contributed by atoms with Crippen molar-refractivity contribution in [2.24, 2.45) is 0 Å². The Morgan fingerprint density at radius 1 is 1.21 bits per heavy atom. The van der Waals surface area contributed by atoms with Crippen LogP contribution in [-0.2, 0) is 9.53 Å². The van der Waals surface area contributed by atoms with Crippen molar-refractivity contribution in [3.05, 3.63) is 58.8 Å². The highest BCUT2D eigenvalue weighted by Crippen LogP contribution is 2.31. The number of methoxy groups -OCH3 is 1. The maximum absolute atomic E-state index is 12.4. The number of fused-ring (bicyclic) bond motifs is 1. The maximum Gasteiger partial charge on any atom is 0.258 e. The summed E-state index contributed by atoms with van der Waals surface area (Å²) in [7, 11) is 1.45. The third kappa shape index (κ3) is 5.13. The molecule has 0 aliphatic heterocycles. The number of rotatable bonds is 8. The Bertz CT molecular complexity index is 1050. The topological polar surface area (TPSA) is 118 Å². The van der Waals surface area contributed by atoms with Crippen LogP contribution in [0.1, 0.15) is 0 Å². The van der Waals surface area contributed by atoms with Crippen LogP contribution < -0.4 is 15.5 Å². The van der Waals surface area contributed by atoms with E-state index in [1.54, 1.807) is 12.1 Å². The van der Waals surface area contributed by atoms with Gasteiger partial charge in [-0.1, -0.05) is 30.3 Å². The minimum Gasteiger partial charge on any atom is -0.507 e. The molecule has 0 aliphatic rings. The fraction of sp³-hybridized carbons (Fsp3) is 0.238. The molecular formula is C21H21NO7. The highest BCUT2D eigenvalue weighted by atomic mass is 16.5. The smallest absolute Gasteiger partial charge is 0.258 e. The Labute approximate surface area is 166 Å². The number of aromatic hydroxyl groups is 1. The largest absolute Gasteiger partial charge is 0.507 e. The SMILES string of the molecule is COC[C@H](O)CNC(=O)COc1cc(O)c2c(=O)cc(-c3ccccc3)oc2c1. The zero-order valence-corrected chi connectivity index (χ0v) is 15.8. The van der Waals surface area contributed by atoms with Gasteiger partial charge < -0.3 is 29.4 Å². The second-order valence-corrected chi connectivity index (χ2v) is 6.36. The van der Waals surface area contributed by atoms with Gasteiger partial charge in [0.1, 0.15) is 28.2 Å². The van der Waals surface area contributed by atoms with Crippen molar-refractivity contribution in [3.8, 4) is 22.8 Å². The molecule has 1 atom stereocenters. The summed E-state index contributed by atoms with van der Waals surface area (Å²) in [6, 6.07) is 13.1. The molecule has 3 N–H and O–H groups in total. The lowest BCUT2D eigenvalue weighted by atomic mass is 10.1. The van der Waals surface area contributed by atoms with Crippen LogP contribution in [0.3, 0.4) is 0 Å². The predicted molar refractivity (Wildman–Crippen MR) is 106 cm³/mol. The predicted octanol–water partition coefficient (Wildman–Crippen LogP) is 1.67. The van der Waals surface area contributed by atoms with Crippen molar-refractivity contribution in [3.63, 3.8) is 0 Å². The Hall–Kier alpha value is -3.36. The fourth-order valence-corrected chi connectivity index (χ4v) is 2.75. The van der Waals surface area contributed by atoms with E-state index in [1.165, 1.54) is 25.3 Å². The quantitative estimate of drug-likeness (QED) is 0.527. The summed E-state index contributed by atoms with van der Waals surface area (Å²) in [4.78, 5) is 24.3. The van der Waals surface area contributed by atoms with Crippen LogP contribution in [0.15, 0.2) is 57.7 Å². The van der Waals surface area contributed by atoms with E-state index in [0.717, 1.165) is 0 Å². The molecule has 0 spiro atoms. The molecule has 0 bridgehead atoms. The number of hydrogen-bond donors (Lipinski definition) is 3. The number of phenols is 1. The van der Waals surface area contributed by atoms with E-state index in [9.17, 15) is 19.8 Å². The number of hydrogen-bond acceptors (Lipinski definition) is 7. The van der Waals surface area contributed by atoms with E-state index in [1.807, 2.05) is 18.2 Å². The maximum atomic E-state index is 12.4. The molecule has 1 aromatic heterocycles. The average molecular weight is 399 g/mol. The highest BCUT2D eigenvalue weighted by molar-refractivity contribution is 5.86. The lowest BCUT2D eigenvalue weighted by Gasteiger charge is -2.12. The van der Waals surface area contributed by atoms with Crippen molar-refractivity contribution in [1.82, 2.24) is 5.32 Å². The van der Waals surface area contributed by atoms with Crippen molar-refractivity contribution >= 4 is 16.9 Å². The summed E-state index contributed by atoms with van der Waals surface area (Å²) in [5.41, 5.74) is 0.465. The summed E-state index contributed by atoms with van der Waals surface area (Å²) in [5, 5.41) is 22.3. The number of amides is 1. The van der Waals surface area contributed by atoms with Gasteiger partial charge in [0.15, 0.2) is 12.0 Å². The standard InChI is InChI=1S/C21H21NO7/c1-27-11-14(23)10-22-20(26)12-28-15-7-16(24)21-17(25)9-18(29-19(21)8-15)13-5-3-2-4-6-13/h2-9,14,23-24H,10-12H2,1H3,(H,22,26)/t14-/m1/s1. The molecule has 0 saturated carbocycles. The van der Waals surface area contributed by atoms with Gasteiger partial charge >= 0.3 is 0 Å². The van der Waals surface area contributed by atoms with Gasteiger partial charge in [0.2, 0.25) is 0 Å². The first-order chi connectivity index (χ1) is 14.0. The molecule has 152 valence electrons. The van der Waals surface area contributed by atoms with Gasteiger partial charge in [-0.3, -0.25) is 9.59 Å². The van der Waals surface area contributed by atoms with Crippen LogP contribution in [0.5, 0.6) is 11.5 Å². The van der Waals surface area contributed by atoms with Crippen LogP contribution in [0.4, 0.5) is 0 Å². The van der Waals surface area contributed by atoms with Gasteiger partial charge in [0.25, 0.3) is 5.91 Å². The zero-order valence-electron chi connectivity index (χ0n) is 15.8.